The topological polar surface area (TPSA) is 92.3 Å². The molecule has 0 amide bonds. The zero-order chi connectivity index (χ0) is 10.7. The van der Waals surface area contributed by atoms with Crippen LogP contribution in [-0.4, -0.2) is 34.4 Å². The number of carboxylic acid groups (broad SMARTS) is 1. The number of carbonyl (C=O) groups is 2. The van der Waals surface area contributed by atoms with E-state index in [2.05, 4.69) is 14.9 Å². The van der Waals surface area contributed by atoms with Gasteiger partial charge in [-0.2, -0.15) is 5.10 Å². The number of nitrogens with one attached hydrogen (secondary N) is 1. The summed E-state index contributed by atoms with van der Waals surface area (Å²) in [5.41, 5.74) is 0.409. The van der Waals surface area contributed by atoms with Crippen LogP contribution in [0.3, 0.4) is 0 Å². The molecule has 6 heteroatoms. The van der Waals surface area contributed by atoms with Crippen LogP contribution in [-0.2, 0) is 9.53 Å². The first-order valence-corrected chi connectivity index (χ1v) is 3.92. The smallest absolute Gasteiger partial charge is 0.356 e. The average molecular weight is 198 g/mol. The van der Waals surface area contributed by atoms with E-state index in [0.29, 0.717) is 5.56 Å². The summed E-state index contributed by atoms with van der Waals surface area (Å²) in [5, 5.41) is 14.7. The summed E-state index contributed by atoms with van der Waals surface area (Å²) < 4.78 is 4.46. The van der Waals surface area contributed by atoms with Crippen molar-refractivity contribution in [3.8, 4) is 0 Å². The van der Waals surface area contributed by atoms with Crippen molar-refractivity contribution in [1.82, 2.24) is 10.2 Å². The Bertz CT molecular complexity index is 358. The fourth-order valence-corrected chi connectivity index (χ4v) is 1.02. The monoisotopic (exact) mass is 198 g/mol. The summed E-state index contributed by atoms with van der Waals surface area (Å²) in [6, 6.07) is 0. The number of rotatable bonds is 3. The number of aromatic amines is 1. The molecule has 1 rings (SSSR count). The first-order chi connectivity index (χ1) is 6.57. The lowest BCUT2D eigenvalue weighted by Crippen LogP contribution is -2.12. The predicted octanol–water partition coefficient (Wildman–Crippen LogP) is 0.384. The van der Waals surface area contributed by atoms with Gasteiger partial charge < -0.3 is 9.84 Å². The van der Waals surface area contributed by atoms with Crippen LogP contribution >= 0.6 is 0 Å². The minimum absolute atomic E-state index is 0.0856. The lowest BCUT2D eigenvalue weighted by atomic mass is 10.0. The summed E-state index contributed by atoms with van der Waals surface area (Å²) >= 11 is 0. The summed E-state index contributed by atoms with van der Waals surface area (Å²) in [6.45, 7) is 1.47. The third kappa shape index (κ3) is 1.73. The number of hydrogen-bond acceptors (Lipinski definition) is 4. The Hall–Kier alpha value is -1.85. The maximum atomic E-state index is 11.1. The van der Waals surface area contributed by atoms with Gasteiger partial charge in [-0.3, -0.25) is 9.89 Å². The van der Waals surface area contributed by atoms with E-state index in [1.807, 2.05) is 0 Å². The molecule has 0 aliphatic heterocycles. The highest BCUT2D eigenvalue weighted by Gasteiger charge is 2.23. The number of nitrogens with zero attached hydrogens (tertiary/aromatic N) is 1. The standard InChI is InChI=1S/C8H10N2O4/c1-4(7(11)12)5-3-9-10-6(5)8(13)14-2/h3-4H,1-2H3,(H,9,10)(H,11,12). The molecular weight excluding hydrogens is 188 g/mol. The Kier molecular flexibility index (Phi) is 2.85. The molecule has 0 aromatic carbocycles. The van der Waals surface area contributed by atoms with Gasteiger partial charge in [0.1, 0.15) is 5.69 Å². The van der Waals surface area contributed by atoms with Gasteiger partial charge in [0.2, 0.25) is 0 Å². The lowest BCUT2D eigenvalue weighted by Gasteiger charge is -2.04. The molecule has 0 aliphatic rings. The van der Waals surface area contributed by atoms with Gasteiger partial charge in [0.05, 0.1) is 19.2 Å². The van der Waals surface area contributed by atoms with Gasteiger partial charge in [-0.05, 0) is 6.92 Å². The van der Waals surface area contributed by atoms with Crippen molar-refractivity contribution >= 4 is 11.9 Å². The summed E-state index contributed by atoms with van der Waals surface area (Å²) in [6.07, 6.45) is 1.31. The van der Waals surface area contributed by atoms with E-state index in [4.69, 9.17) is 5.11 Å². The molecule has 6 nitrogen and oxygen atoms in total. The normalized spacial score (nSPS) is 12.1. The number of methoxy groups -OCH3 is 1. The number of esters is 1. The van der Waals surface area contributed by atoms with E-state index in [1.54, 1.807) is 0 Å². The highest BCUT2D eigenvalue weighted by Crippen LogP contribution is 2.18. The highest BCUT2D eigenvalue weighted by molar-refractivity contribution is 5.91. The molecule has 2 N–H and O–H groups in total. The van der Waals surface area contributed by atoms with E-state index in [0.717, 1.165) is 0 Å². The first-order valence-electron chi connectivity index (χ1n) is 3.92. The third-order valence-electron chi connectivity index (χ3n) is 1.90. The van der Waals surface area contributed by atoms with E-state index in [1.165, 1.54) is 20.2 Å². The van der Waals surface area contributed by atoms with Crippen LogP contribution in [0.2, 0.25) is 0 Å². The molecule has 0 saturated carbocycles. The molecule has 14 heavy (non-hydrogen) atoms. The average Bonchev–Trinajstić information content (AvgIpc) is 2.63. The number of H-pyrrole nitrogens is 1. The predicted molar refractivity (Wildman–Crippen MR) is 46.0 cm³/mol. The Morgan fingerprint density at radius 3 is 2.79 bits per heavy atom. The highest BCUT2D eigenvalue weighted by atomic mass is 16.5. The molecular formula is C8H10N2O4. The molecule has 0 aliphatic carbocycles. The summed E-state index contributed by atoms with van der Waals surface area (Å²) in [4.78, 5) is 21.8. The summed E-state index contributed by atoms with van der Waals surface area (Å²) in [5.74, 6) is -2.43. The van der Waals surface area contributed by atoms with Crippen molar-refractivity contribution in [2.24, 2.45) is 0 Å². The van der Waals surface area contributed by atoms with Crippen molar-refractivity contribution in [3.05, 3.63) is 17.5 Å². The van der Waals surface area contributed by atoms with Gasteiger partial charge in [0.15, 0.2) is 0 Å². The minimum atomic E-state index is -1.02. The van der Waals surface area contributed by atoms with Crippen LogP contribution in [0.15, 0.2) is 6.20 Å². The number of aliphatic carboxylic acids is 1. The van der Waals surface area contributed by atoms with Crippen molar-refractivity contribution < 1.29 is 19.4 Å². The van der Waals surface area contributed by atoms with Gasteiger partial charge in [0, 0.05) is 5.56 Å². The number of aromatic nitrogens is 2. The number of ether oxygens (including phenoxy) is 1. The Morgan fingerprint density at radius 1 is 1.64 bits per heavy atom. The quantitative estimate of drug-likeness (QED) is 0.685. The molecule has 76 valence electrons. The van der Waals surface area contributed by atoms with Gasteiger partial charge in [-0.15, -0.1) is 0 Å². The second kappa shape index (κ2) is 3.91. The molecule has 1 aromatic rings. The van der Waals surface area contributed by atoms with Crippen LogP contribution in [0, 0.1) is 0 Å². The van der Waals surface area contributed by atoms with Crippen LogP contribution in [0.25, 0.3) is 0 Å². The van der Waals surface area contributed by atoms with Gasteiger partial charge in [-0.1, -0.05) is 0 Å². The fourth-order valence-electron chi connectivity index (χ4n) is 1.02. The Labute approximate surface area is 79.9 Å². The second-order valence-corrected chi connectivity index (χ2v) is 2.75. The third-order valence-corrected chi connectivity index (χ3v) is 1.90. The van der Waals surface area contributed by atoms with Crippen molar-refractivity contribution in [3.63, 3.8) is 0 Å². The molecule has 0 saturated heterocycles. The van der Waals surface area contributed by atoms with Crippen molar-refractivity contribution in [2.45, 2.75) is 12.8 Å². The van der Waals surface area contributed by atoms with Gasteiger partial charge >= 0.3 is 11.9 Å². The molecule has 0 bridgehead atoms. The number of carbonyl (C=O) groups excluding carboxylic acids is 1. The van der Waals surface area contributed by atoms with Gasteiger partial charge in [-0.25, -0.2) is 4.79 Å². The van der Waals surface area contributed by atoms with Crippen LogP contribution in [0.5, 0.6) is 0 Å². The van der Waals surface area contributed by atoms with Crippen molar-refractivity contribution in [1.29, 1.82) is 0 Å². The van der Waals surface area contributed by atoms with E-state index < -0.39 is 17.9 Å². The van der Waals surface area contributed by atoms with Crippen LogP contribution < -0.4 is 0 Å². The Balaban J connectivity index is 3.04. The SMILES string of the molecule is COC(=O)c1[nH]ncc1C(C)C(=O)O. The molecule has 1 unspecified atom stereocenters. The van der Waals surface area contributed by atoms with Crippen molar-refractivity contribution in [2.75, 3.05) is 7.11 Å². The molecule has 0 spiro atoms. The molecule has 1 aromatic heterocycles. The summed E-state index contributed by atoms with van der Waals surface area (Å²) in [7, 11) is 1.22. The van der Waals surface area contributed by atoms with E-state index >= 15 is 0 Å². The zero-order valence-corrected chi connectivity index (χ0v) is 7.77. The van der Waals surface area contributed by atoms with Gasteiger partial charge in [0.25, 0.3) is 0 Å². The molecule has 1 heterocycles. The van der Waals surface area contributed by atoms with Crippen LogP contribution in [0.4, 0.5) is 0 Å². The number of carboxylic acids is 1. The van der Waals surface area contributed by atoms with Crippen LogP contribution in [0.1, 0.15) is 28.9 Å². The van der Waals surface area contributed by atoms with E-state index in [-0.39, 0.29) is 5.69 Å². The molecule has 0 radical (unpaired) electrons. The molecule has 0 fully saturated rings. The molecule has 1 atom stereocenters. The minimum Gasteiger partial charge on any atom is -0.481 e. The Morgan fingerprint density at radius 2 is 2.29 bits per heavy atom. The first kappa shape index (κ1) is 10.2. The number of hydrogen-bond donors (Lipinski definition) is 2. The lowest BCUT2D eigenvalue weighted by molar-refractivity contribution is -0.138. The zero-order valence-electron chi connectivity index (χ0n) is 7.77. The largest absolute Gasteiger partial charge is 0.481 e. The second-order valence-electron chi connectivity index (χ2n) is 2.75. The van der Waals surface area contributed by atoms with E-state index in [9.17, 15) is 9.59 Å². The maximum absolute atomic E-state index is 11.1. The maximum Gasteiger partial charge on any atom is 0.356 e. The fraction of sp³-hybridized carbons (Fsp3) is 0.375.